The van der Waals surface area contributed by atoms with Gasteiger partial charge in [-0.05, 0) is 35.8 Å². The van der Waals surface area contributed by atoms with Crippen molar-refractivity contribution in [3.8, 4) is 0 Å². The molecule has 10 heavy (non-hydrogen) atoms. The minimum absolute atomic E-state index is 0.854. The Morgan fingerprint density at radius 3 is 2.20 bits per heavy atom. The van der Waals surface area contributed by atoms with E-state index in [1.165, 1.54) is 0 Å². The van der Waals surface area contributed by atoms with Crippen LogP contribution in [0.15, 0.2) is 29.2 Å². The average molecular weight is 153 g/mol. The Labute approximate surface area is 64.3 Å². The number of hydrogen-bond donors (Lipinski definition) is 0. The summed E-state index contributed by atoms with van der Waals surface area (Å²) in [4.78, 5) is 0.854. The van der Waals surface area contributed by atoms with Gasteiger partial charge in [-0.25, -0.2) is 0 Å². The summed E-state index contributed by atoms with van der Waals surface area (Å²) in [5.74, 6) is 0. The summed E-state index contributed by atoms with van der Waals surface area (Å²) in [6, 6.07) is 7.38. The van der Waals surface area contributed by atoms with Gasteiger partial charge < -0.3 is 4.55 Å². The summed E-state index contributed by atoms with van der Waals surface area (Å²) in [5.41, 5.74) is 0.953. The first-order valence-electron chi connectivity index (χ1n) is 2.95. The van der Waals surface area contributed by atoms with Crippen LogP contribution in [0.2, 0.25) is 0 Å². The molecule has 1 aromatic rings. The van der Waals surface area contributed by atoms with Crippen LogP contribution in [0.1, 0.15) is 5.56 Å². The molecule has 1 nitrogen and oxygen atoms in total. The third-order valence-electron chi connectivity index (χ3n) is 1.26. The third-order valence-corrected chi connectivity index (χ3v) is 2.19. The van der Waals surface area contributed by atoms with Crippen LogP contribution >= 0.6 is 0 Å². The van der Waals surface area contributed by atoms with E-state index in [-0.39, 0.29) is 0 Å². The zero-order valence-corrected chi connectivity index (χ0v) is 6.65. The topological polar surface area (TPSA) is 23.1 Å². The molecule has 0 N–H and O–H groups in total. The lowest BCUT2D eigenvalue weighted by Crippen LogP contribution is -1.95. The maximum absolute atomic E-state index is 10.8. The van der Waals surface area contributed by atoms with Gasteiger partial charge in [-0.2, -0.15) is 0 Å². The van der Waals surface area contributed by atoms with Crippen LogP contribution in [0.3, 0.4) is 0 Å². The Kier molecular flexibility index (Phi) is 2.35. The standard InChI is InChI=1S/C8H9OS/c1-7-3-5-8(6-4-7)10(2)9/h3-6H,1H2,2H3. The zero-order chi connectivity index (χ0) is 7.56. The molecule has 1 atom stereocenters. The molecule has 53 valence electrons. The van der Waals surface area contributed by atoms with E-state index in [0.29, 0.717) is 0 Å². The highest BCUT2D eigenvalue weighted by Crippen LogP contribution is 2.08. The maximum Gasteiger partial charge on any atom is 0.152 e. The minimum atomic E-state index is -0.865. The monoisotopic (exact) mass is 153 g/mol. The summed E-state index contributed by atoms with van der Waals surface area (Å²) < 4.78 is 10.8. The SMILES string of the molecule is [CH2]c1ccc([S+](C)[O-])cc1. The van der Waals surface area contributed by atoms with Crippen LogP contribution in [0, 0.1) is 6.92 Å². The highest BCUT2D eigenvalue weighted by atomic mass is 32.2. The van der Waals surface area contributed by atoms with Gasteiger partial charge in [0.1, 0.15) is 6.26 Å². The van der Waals surface area contributed by atoms with E-state index in [2.05, 4.69) is 6.92 Å². The second kappa shape index (κ2) is 3.08. The van der Waals surface area contributed by atoms with Crippen LogP contribution in [-0.4, -0.2) is 10.8 Å². The van der Waals surface area contributed by atoms with Gasteiger partial charge >= 0.3 is 0 Å². The van der Waals surface area contributed by atoms with Crippen molar-refractivity contribution in [2.75, 3.05) is 6.26 Å². The first-order chi connectivity index (χ1) is 4.70. The summed E-state index contributed by atoms with van der Waals surface area (Å²) in [6.07, 6.45) is 1.66. The lowest BCUT2D eigenvalue weighted by Gasteiger charge is -2.02. The quantitative estimate of drug-likeness (QED) is 0.562. The second-order valence-corrected chi connectivity index (χ2v) is 3.48. The summed E-state index contributed by atoms with van der Waals surface area (Å²) >= 11 is -0.865. The van der Waals surface area contributed by atoms with E-state index in [4.69, 9.17) is 0 Å². The maximum atomic E-state index is 10.8. The molecule has 1 rings (SSSR count). The van der Waals surface area contributed by atoms with Crippen LogP contribution in [0.4, 0.5) is 0 Å². The predicted octanol–water partition coefficient (Wildman–Crippen LogP) is 1.61. The molecule has 0 aliphatic heterocycles. The summed E-state index contributed by atoms with van der Waals surface area (Å²) in [6.45, 7) is 3.72. The van der Waals surface area contributed by atoms with Crippen LogP contribution in [0.5, 0.6) is 0 Å². The molecule has 0 aromatic heterocycles. The Hall–Kier alpha value is -0.470. The van der Waals surface area contributed by atoms with Gasteiger partial charge in [0.05, 0.1) is 0 Å². The summed E-state index contributed by atoms with van der Waals surface area (Å²) in [7, 11) is 0. The largest absolute Gasteiger partial charge is 0.612 e. The van der Waals surface area contributed by atoms with Crippen molar-refractivity contribution in [3.63, 3.8) is 0 Å². The summed E-state index contributed by atoms with van der Waals surface area (Å²) in [5, 5.41) is 0. The van der Waals surface area contributed by atoms with Gasteiger partial charge in [-0.1, -0.05) is 12.1 Å². The van der Waals surface area contributed by atoms with Crippen molar-refractivity contribution in [2.24, 2.45) is 0 Å². The lowest BCUT2D eigenvalue weighted by molar-refractivity contribution is 0.601. The molecule has 0 saturated carbocycles. The van der Waals surface area contributed by atoms with Crippen molar-refractivity contribution < 1.29 is 4.55 Å². The fraction of sp³-hybridized carbons (Fsp3) is 0.125. The van der Waals surface area contributed by atoms with E-state index in [1.807, 2.05) is 24.3 Å². The Morgan fingerprint density at radius 1 is 1.30 bits per heavy atom. The molecule has 0 aliphatic carbocycles. The smallest absolute Gasteiger partial charge is 0.152 e. The molecular weight excluding hydrogens is 144 g/mol. The molecule has 0 spiro atoms. The molecule has 0 amide bonds. The Balaban J connectivity index is 2.89. The molecule has 0 saturated heterocycles. The van der Waals surface area contributed by atoms with Crippen molar-refractivity contribution >= 4 is 11.2 Å². The van der Waals surface area contributed by atoms with Crippen molar-refractivity contribution in [2.45, 2.75) is 4.90 Å². The number of rotatable bonds is 1. The highest BCUT2D eigenvalue weighted by molar-refractivity contribution is 7.90. The molecule has 1 aromatic carbocycles. The van der Waals surface area contributed by atoms with Crippen LogP contribution < -0.4 is 0 Å². The van der Waals surface area contributed by atoms with E-state index < -0.39 is 11.2 Å². The van der Waals surface area contributed by atoms with Gasteiger partial charge in [-0.3, -0.25) is 0 Å². The van der Waals surface area contributed by atoms with E-state index in [1.54, 1.807) is 6.26 Å². The third kappa shape index (κ3) is 1.75. The molecule has 0 fully saturated rings. The molecule has 1 radical (unpaired) electrons. The fourth-order valence-electron chi connectivity index (χ4n) is 0.681. The minimum Gasteiger partial charge on any atom is -0.612 e. The van der Waals surface area contributed by atoms with E-state index in [9.17, 15) is 4.55 Å². The van der Waals surface area contributed by atoms with Gasteiger partial charge in [0.15, 0.2) is 4.90 Å². The van der Waals surface area contributed by atoms with Gasteiger partial charge in [0.25, 0.3) is 0 Å². The van der Waals surface area contributed by atoms with Crippen molar-refractivity contribution in [3.05, 3.63) is 36.8 Å². The molecule has 2 heteroatoms. The van der Waals surface area contributed by atoms with E-state index >= 15 is 0 Å². The first kappa shape index (κ1) is 7.63. The predicted molar refractivity (Wildman–Crippen MR) is 43.2 cm³/mol. The average Bonchev–Trinajstić information content (AvgIpc) is 1.88. The van der Waals surface area contributed by atoms with Crippen molar-refractivity contribution in [1.29, 1.82) is 0 Å². The molecule has 0 aliphatic rings. The first-order valence-corrected chi connectivity index (χ1v) is 4.51. The van der Waals surface area contributed by atoms with Crippen LogP contribution in [-0.2, 0) is 11.2 Å². The van der Waals surface area contributed by atoms with Crippen LogP contribution in [0.25, 0.3) is 0 Å². The molecule has 0 bridgehead atoms. The second-order valence-electron chi connectivity index (χ2n) is 2.10. The van der Waals surface area contributed by atoms with Gasteiger partial charge in [0, 0.05) is 0 Å². The van der Waals surface area contributed by atoms with Gasteiger partial charge in [0.2, 0.25) is 0 Å². The molecule has 1 unspecified atom stereocenters. The Bertz CT molecular complexity index is 203. The normalized spacial score (nSPS) is 13.1. The fourth-order valence-corrected chi connectivity index (χ4v) is 1.20. The number of hydrogen-bond acceptors (Lipinski definition) is 1. The zero-order valence-electron chi connectivity index (χ0n) is 5.83. The van der Waals surface area contributed by atoms with E-state index in [0.717, 1.165) is 10.5 Å². The van der Waals surface area contributed by atoms with Gasteiger partial charge in [-0.15, -0.1) is 0 Å². The lowest BCUT2D eigenvalue weighted by atomic mass is 10.2. The molecular formula is C8H9OS. The molecule has 0 heterocycles. The number of benzene rings is 1. The Morgan fingerprint density at radius 2 is 1.80 bits per heavy atom. The van der Waals surface area contributed by atoms with Crippen molar-refractivity contribution in [1.82, 2.24) is 0 Å². The highest BCUT2D eigenvalue weighted by Gasteiger charge is 2.00.